The second-order valence-electron chi connectivity index (χ2n) is 7.10. The maximum Gasteiger partial charge on any atom is 0.309 e. The van der Waals surface area contributed by atoms with E-state index in [-0.39, 0.29) is 35.4 Å². The number of rotatable bonds is 1. The summed E-state index contributed by atoms with van der Waals surface area (Å²) in [6.45, 7) is 2.73. The topological polar surface area (TPSA) is 66.8 Å². The first kappa shape index (κ1) is 14.5. The number of hydrogen-bond donors (Lipinski definition) is 1. The Balaban J connectivity index is 1.89. The quantitative estimate of drug-likeness (QED) is 0.803. The first-order chi connectivity index (χ1) is 11.0. The number of amides is 1. The van der Waals surface area contributed by atoms with Gasteiger partial charge in [-0.05, 0) is 42.0 Å². The lowest BCUT2D eigenvalue weighted by molar-refractivity contribution is -0.148. The van der Waals surface area contributed by atoms with Gasteiger partial charge in [0.1, 0.15) is 5.75 Å². The largest absolute Gasteiger partial charge is 0.508 e. The van der Waals surface area contributed by atoms with Gasteiger partial charge in [-0.3, -0.25) is 9.59 Å². The highest BCUT2D eigenvalue weighted by Crippen LogP contribution is 2.61. The number of hydrogen-bond acceptors (Lipinski definition) is 4. The standard InChI is InChI=1S/C18H21NO4/c1-10-9-18-13-4-3-12(20)7-11(13)5-6-19(18)15(21)8-14(18)16(10)17(22)23-2/h3-4,7,10,14,16,20H,5-6,8-9H2,1-2H3. The van der Waals surface area contributed by atoms with Crippen LogP contribution in [-0.2, 0) is 26.3 Å². The van der Waals surface area contributed by atoms with Crippen LogP contribution < -0.4 is 0 Å². The summed E-state index contributed by atoms with van der Waals surface area (Å²) in [4.78, 5) is 26.9. The Morgan fingerprint density at radius 1 is 1.43 bits per heavy atom. The van der Waals surface area contributed by atoms with Gasteiger partial charge in [-0.1, -0.05) is 13.0 Å². The highest BCUT2D eigenvalue weighted by molar-refractivity contribution is 5.85. The Labute approximate surface area is 135 Å². The number of benzene rings is 1. The molecule has 0 bridgehead atoms. The zero-order chi connectivity index (χ0) is 16.4. The zero-order valence-corrected chi connectivity index (χ0v) is 13.4. The van der Waals surface area contributed by atoms with E-state index in [0.717, 1.165) is 24.0 Å². The van der Waals surface area contributed by atoms with Gasteiger partial charge in [0.25, 0.3) is 0 Å². The lowest BCUT2D eigenvalue weighted by atomic mass is 9.74. The molecule has 1 N–H and O–H groups in total. The number of phenols is 1. The highest BCUT2D eigenvalue weighted by atomic mass is 16.5. The third-order valence-electron chi connectivity index (χ3n) is 6.10. The molecule has 2 fully saturated rings. The van der Waals surface area contributed by atoms with Crippen molar-refractivity contribution in [3.8, 4) is 5.75 Å². The molecule has 2 heterocycles. The molecule has 1 spiro atoms. The molecule has 5 heteroatoms. The minimum absolute atomic E-state index is 0.0407. The van der Waals surface area contributed by atoms with E-state index in [2.05, 4.69) is 6.92 Å². The second-order valence-corrected chi connectivity index (χ2v) is 7.10. The van der Waals surface area contributed by atoms with Crippen LogP contribution in [0.3, 0.4) is 0 Å². The number of methoxy groups -OCH3 is 1. The minimum Gasteiger partial charge on any atom is -0.508 e. The van der Waals surface area contributed by atoms with Crippen molar-refractivity contribution in [2.45, 2.75) is 31.7 Å². The van der Waals surface area contributed by atoms with Gasteiger partial charge in [-0.2, -0.15) is 0 Å². The van der Waals surface area contributed by atoms with E-state index < -0.39 is 5.54 Å². The zero-order valence-electron chi connectivity index (χ0n) is 13.4. The summed E-state index contributed by atoms with van der Waals surface area (Å²) in [5.41, 5.74) is 1.80. The molecular weight excluding hydrogens is 294 g/mol. The maximum atomic E-state index is 12.6. The molecule has 1 aromatic rings. The molecule has 1 amide bonds. The Hall–Kier alpha value is -2.04. The van der Waals surface area contributed by atoms with Crippen LogP contribution in [0, 0.1) is 17.8 Å². The van der Waals surface area contributed by atoms with Gasteiger partial charge in [0, 0.05) is 18.9 Å². The predicted octanol–water partition coefficient (Wildman–Crippen LogP) is 1.82. The smallest absolute Gasteiger partial charge is 0.309 e. The van der Waals surface area contributed by atoms with E-state index >= 15 is 0 Å². The molecule has 5 nitrogen and oxygen atoms in total. The monoisotopic (exact) mass is 315 g/mol. The molecule has 0 radical (unpaired) electrons. The van der Waals surface area contributed by atoms with Crippen molar-refractivity contribution >= 4 is 11.9 Å². The second kappa shape index (κ2) is 4.73. The molecule has 1 aliphatic carbocycles. The van der Waals surface area contributed by atoms with Gasteiger partial charge < -0.3 is 14.7 Å². The Morgan fingerprint density at radius 2 is 2.22 bits per heavy atom. The van der Waals surface area contributed by atoms with Crippen molar-refractivity contribution < 1.29 is 19.4 Å². The molecule has 0 aromatic heterocycles. The average Bonchev–Trinajstić information content (AvgIpc) is 2.94. The summed E-state index contributed by atoms with van der Waals surface area (Å²) in [7, 11) is 1.42. The minimum atomic E-state index is -0.406. The van der Waals surface area contributed by atoms with Crippen LogP contribution in [0.1, 0.15) is 30.9 Å². The van der Waals surface area contributed by atoms with Crippen LogP contribution in [0.25, 0.3) is 0 Å². The van der Waals surface area contributed by atoms with Gasteiger partial charge >= 0.3 is 5.97 Å². The van der Waals surface area contributed by atoms with Gasteiger partial charge in [0.05, 0.1) is 18.6 Å². The molecule has 4 atom stereocenters. The van der Waals surface area contributed by atoms with Crippen molar-refractivity contribution in [2.24, 2.45) is 17.8 Å². The van der Waals surface area contributed by atoms with E-state index in [1.165, 1.54) is 7.11 Å². The number of carbonyl (C=O) groups excluding carboxylic acids is 2. The molecule has 122 valence electrons. The van der Waals surface area contributed by atoms with E-state index in [9.17, 15) is 14.7 Å². The number of ether oxygens (including phenoxy) is 1. The number of esters is 1. The Bertz CT molecular complexity index is 700. The molecule has 1 saturated carbocycles. The molecular formula is C18H21NO4. The average molecular weight is 315 g/mol. The first-order valence-electron chi connectivity index (χ1n) is 8.19. The van der Waals surface area contributed by atoms with Crippen LogP contribution in [0.15, 0.2) is 18.2 Å². The summed E-state index contributed by atoms with van der Waals surface area (Å²) in [5, 5.41) is 9.79. The fourth-order valence-electron chi connectivity index (χ4n) is 5.34. The molecule has 1 aromatic carbocycles. The summed E-state index contributed by atoms with van der Waals surface area (Å²) in [5.74, 6) is 0.0667. The summed E-state index contributed by atoms with van der Waals surface area (Å²) in [6.07, 6.45) is 1.94. The molecule has 1 saturated heterocycles. The lowest BCUT2D eigenvalue weighted by Gasteiger charge is -2.44. The SMILES string of the molecule is COC(=O)C1C(C)CC23c4ccc(O)cc4CCN2C(=O)CC13. The number of carbonyl (C=O) groups is 2. The van der Waals surface area contributed by atoms with Gasteiger partial charge in [0.2, 0.25) is 5.91 Å². The van der Waals surface area contributed by atoms with Crippen LogP contribution in [0.2, 0.25) is 0 Å². The Kier molecular flexibility index (Phi) is 2.99. The van der Waals surface area contributed by atoms with Crippen LogP contribution in [0.4, 0.5) is 0 Å². The maximum absolute atomic E-state index is 12.6. The van der Waals surface area contributed by atoms with E-state index in [0.29, 0.717) is 13.0 Å². The van der Waals surface area contributed by atoms with Crippen LogP contribution >= 0.6 is 0 Å². The van der Waals surface area contributed by atoms with Crippen molar-refractivity contribution in [1.82, 2.24) is 4.90 Å². The molecule has 4 unspecified atom stereocenters. The Morgan fingerprint density at radius 3 is 2.96 bits per heavy atom. The summed E-state index contributed by atoms with van der Waals surface area (Å²) in [6, 6.07) is 5.43. The molecule has 3 aliphatic rings. The van der Waals surface area contributed by atoms with Crippen molar-refractivity contribution in [3.05, 3.63) is 29.3 Å². The van der Waals surface area contributed by atoms with Crippen molar-refractivity contribution in [1.29, 1.82) is 0 Å². The van der Waals surface area contributed by atoms with Crippen molar-refractivity contribution in [2.75, 3.05) is 13.7 Å². The third kappa shape index (κ3) is 1.73. The molecule has 4 rings (SSSR count). The summed E-state index contributed by atoms with van der Waals surface area (Å²) < 4.78 is 5.02. The van der Waals surface area contributed by atoms with E-state index in [4.69, 9.17) is 4.74 Å². The van der Waals surface area contributed by atoms with E-state index in [1.54, 1.807) is 12.1 Å². The van der Waals surface area contributed by atoms with Crippen LogP contribution in [-0.4, -0.2) is 35.5 Å². The van der Waals surface area contributed by atoms with Crippen molar-refractivity contribution in [3.63, 3.8) is 0 Å². The highest BCUT2D eigenvalue weighted by Gasteiger charge is 2.65. The summed E-state index contributed by atoms with van der Waals surface area (Å²) >= 11 is 0. The van der Waals surface area contributed by atoms with Gasteiger partial charge in [-0.15, -0.1) is 0 Å². The number of fused-ring (bicyclic) bond motifs is 1. The normalized spacial score (nSPS) is 34.8. The molecule has 23 heavy (non-hydrogen) atoms. The first-order valence-corrected chi connectivity index (χ1v) is 8.19. The predicted molar refractivity (Wildman–Crippen MR) is 82.6 cm³/mol. The van der Waals surface area contributed by atoms with Gasteiger partial charge in [-0.25, -0.2) is 0 Å². The van der Waals surface area contributed by atoms with E-state index in [1.807, 2.05) is 11.0 Å². The number of phenolic OH excluding ortho intramolecular Hbond substituents is 1. The lowest BCUT2D eigenvalue weighted by Crippen LogP contribution is -2.49. The van der Waals surface area contributed by atoms with Gasteiger partial charge in [0.15, 0.2) is 0 Å². The fraction of sp³-hybridized carbons (Fsp3) is 0.556. The number of aromatic hydroxyl groups is 1. The third-order valence-corrected chi connectivity index (χ3v) is 6.10. The fourth-order valence-corrected chi connectivity index (χ4v) is 5.34. The van der Waals surface area contributed by atoms with Crippen LogP contribution in [0.5, 0.6) is 5.75 Å². The number of nitrogens with zero attached hydrogens (tertiary/aromatic N) is 1. The molecule has 2 aliphatic heterocycles.